The molecule has 0 aliphatic carbocycles. The zero-order valence-electron chi connectivity index (χ0n) is 21.7. The quantitative estimate of drug-likeness (QED) is 0.0676. The molecule has 9 heteroatoms. The van der Waals surface area contributed by atoms with E-state index in [1.165, 1.54) is 44.9 Å². The van der Waals surface area contributed by atoms with Gasteiger partial charge >= 0.3 is 19.8 Å². The van der Waals surface area contributed by atoms with Crippen molar-refractivity contribution < 1.29 is 37.9 Å². The van der Waals surface area contributed by atoms with Crippen molar-refractivity contribution in [3.8, 4) is 0 Å². The molecule has 0 rings (SSSR count). The molecule has 0 heterocycles. The van der Waals surface area contributed by atoms with E-state index in [1.807, 2.05) is 0 Å². The van der Waals surface area contributed by atoms with Gasteiger partial charge < -0.3 is 19.3 Å². The first-order valence-corrected chi connectivity index (χ1v) is 14.7. The van der Waals surface area contributed by atoms with E-state index in [2.05, 4.69) is 35.8 Å². The zero-order chi connectivity index (χ0) is 26.2. The average Bonchev–Trinajstić information content (AvgIpc) is 2.81. The molecule has 0 aliphatic rings. The van der Waals surface area contributed by atoms with Crippen molar-refractivity contribution in [2.24, 2.45) is 0 Å². The fourth-order valence-corrected chi connectivity index (χ4v) is 3.62. The molecule has 0 aliphatic heterocycles. The average molecular weight is 519 g/mol. The number of rotatable bonds is 23. The minimum atomic E-state index is -4.71. The maximum Gasteiger partial charge on any atom is 0.469 e. The summed E-state index contributed by atoms with van der Waals surface area (Å²) in [5.74, 6) is -0.997. The van der Waals surface area contributed by atoms with Crippen LogP contribution >= 0.6 is 7.82 Å². The highest BCUT2D eigenvalue weighted by molar-refractivity contribution is 7.46. The fourth-order valence-electron chi connectivity index (χ4n) is 3.26. The van der Waals surface area contributed by atoms with Crippen molar-refractivity contribution in [1.82, 2.24) is 0 Å². The number of carbonyl (C=O) groups is 2. The topological polar surface area (TPSA) is 119 Å². The molecule has 8 nitrogen and oxygen atoms in total. The Labute approximate surface area is 211 Å². The van der Waals surface area contributed by atoms with E-state index in [-0.39, 0.29) is 19.4 Å². The molecule has 0 radical (unpaired) electrons. The third-order valence-corrected chi connectivity index (χ3v) is 5.76. The van der Waals surface area contributed by atoms with E-state index in [9.17, 15) is 14.2 Å². The first-order valence-electron chi connectivity index (χ1n) is 13.1. The van der Waals surface area contributed by atoms with Crippen molar-refractivity contribution in [2.45, 2.75) is 116 Å². The van der Waals surface area contributed by atoms with Crippen molar-refractivity contribution in [3.05, 3.63) is 24.3 Å². The summed E-state index contributed by atoms with van der Waals surface area (Å²) in [5.41, 5.74) is 0. The maximum absolute atomic E-state index is 12.0. The SMILES string of the molecule is CCCCC/C=C\C/C=C\CCCCCCCCCC(=O)OC(COC(=O)CC)COP(=O)(O)O. The number of esters is 2. The van der Waals surface area contributed by atoms with Crippen LogP contribution in [-0.4, -0.2) is 41.0 Å². The number of allylic oxidation sites excluding steroid dienone is 4. The molecular weight excluding hydrogens is 471 g/mol. The summed E-state index contributed by atoms with van der Waals surface area (Å²) in [6, 6.07) is 0. The van der Waals surface area contributed by atoms with Gasteiger partial charge in [0.05, 0.1) is 6.61 Å². The maximum atomic E-state index is 12.0. The third kappa shape index (κ3) is 25.4. The van der Waals surface area contributed by atoms with E-state index < -0.39 is 32.5 Å². The van der Waals surface area contributed by atoms with Gasteiger partial charge in [-0.25, -0.2) is 4.57 Å². The van der Waals surface area contributed by atoms with Crippen LogP contribution in [0.25, 0.3) is 0 Å². The van der Waals surface area contributed by atoms with Gasteiger partial charge in [0.1, 0.15) is 6.61 Å². The lowest BCUT2D eigenvalue weighted by Gasteiger charge is -2.18. The first kappa shape index (κ1) is 33.5. The second-order valence-electron chi connectivity index (χ2n) is 8.62. The normalized spacial score (nSPS) is 12.9. The van der Waals surface area contributed by atoms with Crippen LogP contribution in [0.1, 0.15) is 110 Å². The van der Waals surface area contributed by atoms with Crippen molar-refractivity contribution in [2.75, 3.05) is 13.2 Å². The van der Waals surface area contributed by atoms with E-state index in [0.717, 1.165) is 32.1 Å². The van der Waals surface area contributed by atoms with Crippen LogP contribution in [0.5, 0.6) is 0 Å². The number of phosphoric acid groups is 1. The van der Waals surface area contributed by atoms with Gasteiger partial charge in [-0.2, -0.15) is 0 Å². The van der Waals surface area contributed by atoms with Crippen LogP contribution < -0.4 is 0 Å². The number of ether oxygens (including phenoxy) is 2. The van der Waals surface area contributed by atoms with Gasteiger partial charge in [0, 0.05) is 12.8 Å². The summed E-state index contributed by atoms with van der Waals surface area (Å²) >= 11 is 0. The van der Waals surface area contributed by atoms with E-state index >= 15 is 0 Å². The van der Waals surface area contributed by atoms with Gasteiger partial charge in [-0.15, -0.1) is 0 Å². The Bertz CT molecular complexity index is 641. The van der Waals surface area contributed by atoms with Gasteiger partial charge in [0.25, 0.3) is 0 Å². The molecule has 1 atom stereocenters. The molecule has 0 aromatic heterocycles. The lowest BCUT2D eigenvalue weighted by atomic mass is 10.1. The summed E-state index contributed by atoms with van der Waals surface area (Å²) in [6.07, 6.45) is 22.9. The second-order valence-corrected chi connectivity index (χ2v) is 9.86. The number of hydrogen-bond acceptors (Lipinski definition) is 6. The number of phosphoric ester groups is 1. The molecule has 2 N–H and O–H groups in total. The van der Waals surface area contributed by atoms with Crippen molar-refractivity contribution in [1.29, 1.82) is 0 Å². The molecule has 0 saturated heterocycles. The highest BCUT2D eigenvalue weighted by atomic mass is 31.2. The molecule has 0 aromatic rings. The largest absolute Gasteiger partial charge is 0.469 e. The highest BCUT2D eigenvalue weighted by Gasteiger charge is 2.22. The molecule has 0 fully saturated rings. The van der Waals surface area contributed by atoms with E-state index in [0.29, 0.717) is 6.42 Å². The minimum Gasteiger partial charge on any atom is -0.462 e. The van der Waals surface area contributed by atoms with E-state index in [1.54, 1.807) is 6.92 Å². The molecule has 0 saturated carbocycles. The van der Waals surface area contributed by atoms with Crippen LogP contribution in [0.4, 0.5) is 0 Å². The second kappa shape index (κ2) is 23.0. The highest BCUT2D eigenvalue weighted by Crippen LogP contribution is 2.35. The van der Waals surface area contributed by atoms with Gasteiger partial charge in [0.2, 0.25) is 0 Å². The fraction of sp³-hybridized carbons (Fsp3) is 0.769. The third-order valence-electron chi connectivity index (χ3n) is 5.28. The molecule has 0 bridgehead atoms. The molecule has 0 amide bonds. The molecule has 0 spiro atoms. The summed E-state index contributed by atoms with van der Waals surface area (Å²) < 4.78 is 25.3. The molecule has 204 valence electrons. The Balaban J connectivity index is 3.78. The lowest BCUT2D eigenvalue weighted by Crippen LogP contribution is -2.29. The minimum absolute atomic E-state index is 0.146. The summed E-state index contributed by atoms with van der Waals surface area (Å²) in [6.45, 7) is 2.99. The number of unbranched alkanes of at least 4 members (excludes halogenated alkanes) is 10. The Morgan fingerprint density at radius 1 is 0.771 bits per heavy atom. The molecule has 0 aromatic carbocycles. The van der Waals surface area contributed by atoms with Crippen LogP contribution in [0.2, 0.25) is 0 Å². The van der Waals surface area contributed by atoms with Crippen molar-refractivity contribution >= 4 is 19.8 Å². The van der Waals surface area contributed by atoms with Crippen LogP contribution in [-0.2, 0) is 28.2 Å². The van der Waals surface area contributed by atoms with Crippen molar-refractivity contribution in [3.63, 3.8) is 0 Å². The van der Waals surface area contributed by atoms with Crippen LogP contribution in [0.3, 0.4) is 0 Å². The lowest BCUT2D eigenvalue weighted by molar-refractivity contribution is -0.161. The Hall–Kier alpha value is -1.47. The predicted molar refractivity (Wildman–Crippen MR) is 138 cm³/mol. The van der Waals surface area contributed by atoms with Gasteiger partial charge in [-0.1, -0.05) is 83.1 Å². The zero-order valence-corrected chi connectivity index (χ0v) is 22.6. The summed E-state index contributed by atoms with van der Waals surface area (Å²) in [7, 11) is -4.71. The monoisotopic (exact) mass is 518 g/mol. The molecular formula is C26H47O8P. The predicted octanol–water partition coefficient (Wildman–Crippen LogP) is 6.55. The summed E-state index contributed by atoms with van der Waals surface area (Å²) in [4.78, 5) is 41.0. The first-order chi connectivity index (χ1) is 16.8. The van der Waals surface area contributed by atoms with Crippen LogP contribution in [0, 0.1) is 0 Å². The molecule has 1 unspecified atom stereocenters. The van der Waals surface area contributed by atoms with Gasteiger partial charge in [-0.05, 0) is 38.5 Å². The number of carbonyl (C=O) groups excluding carboxylic acids is 2. The van der Waals surface area contributed by atoms with E-state index in [4.69, 9.17) is 19.3 Å². The van der Waals surface area contributed by atoms with Crippen LogP contribution in [0.15, 0.2) is 24.3 Å². The molecule has 35 heavy (non-hydrogen) atoms. The standard InChI is InChI=1S/C26H47O8P/c1-3-5-6-7-8-9-10-11-12-13-14-15-16-17-18-19-20-21-26(28)34-24(22-32-25(27)4-2)23-33-35(29,30)31/h8-9,11-12,24H,3-7,10,13-23H2,1-2H3,(H2,29,30,31)/b9-8-,12-11-. The Morgan fingerprint density at radius 3 is 1.91 bits per heavy atom. The van der Waals surface area contributed by atoms with Gasteiger partial charge in [0.15, 0.2) is 6.10 Å². The van der Waals surface area contributed by atoms with Gasteiger partial charge in [-0.3, -0.25) is 14.1 Å². The Kier molecular flexibility index (Phi) is 22.0. The number of hydrogen-bond donors (Lipinski definition) is 2. The summed E-state index contributed by atoms with van der Waals surface area (Å²) in [5, 5.41) is 0. The Morgan fingerprint density at radius 2 is 1.34 bits per heavy atom. The smallest absolute Gasteiger partial charge is 0.462 e.